The summed E-state index contributed by atoms with van der Waals surface area (Å²) in [5, 5.41) is 1.28. The molecule has 0 saturated carbocycles. The van der Waals surface area contributed by atoms with Gasteiger partial charge in [-0.3, -0.25) is 4.84 Å². The molecule has 0 aromatic heterocycles. The number of hydroxylamine groups is 1. The van der Waals surface area contributed by atoms with Gasteiger partial charge in [0.1, 0.15) is 6.61 Å². The molecule has 1 rings (SSSR count). The van der Waals surface area contributed by atoms with E-state index in [1.54, 1.807) is 0 Å². The van der Waals surface area contributed by atoms with Gasteiger partial charge in [0.15, 0.2) is 4.32 Å². The molecule has 1 aromatic carbocycles. The zero-order valence-electron chi connectivity index (χ0n) is 8.59. The zero-order chi connectivity index (χ0) is 11.8. The second kappa shape index (κ2) is 7.25. The molecule has 0 aliphatic heterocycles. The van der Waals surface area contributed by atoms with Crippen LogP contribution in [0, 0.1) is 12.3 Å². The zero-order valence-corrected chi connectivity index (χ0v) is 10.3. The molecule has 1 N–H and O–H groups in total. The van der Waals surface area contributed by atoms with E-state index in [-0.39, 0.29) is 4.32 Å². The van der Waals surface area contributed by atoms with E-state index in [9.17, 15) is 0 Å². The van der Waals surface area contributed by atoms with Crippen LogP contribution in [0.2, 0.25) is 0 Å². The molecule has 0 heterocycles. The number of hydrogen-bond donors (Lipinski definition) is 2. The van der Waals surface area contributed by atoms with Gasteiger partial charge in [0.05, 0.1) is 6.54 Å². The van der Waals surface area contributed by atoms with Gasteiger partial charge < -0.3 is 0 Å². The summed E-state index contributed by atoms with van der Waals surface area (Å²) in [6.07, 6.45) is 5.12. The van der Waals surface area contributed by atoms with Gasteiger partial charge >= 0.3 is 0 Å². The number of nitrogens with one attached hydrogen (secondary N) is 1. The molecule has 0 atom stereocenters. The maximum absolute atomic E-state index is 5.40. The molecule has 0 radical (unpaired) electrons. The lowest BCUT2D eigenvalue weighted by atomic mass is 10.2. The molecule has 1 aromatic rings. The van der Waals surface area contributed by atoms with Gasteiger partial charge in [0.2, 0.25) is 0 Å². The summed E-state index contributed by atoms with van der Waals surface area (Å²) >= 11 is 8.89. The standard InChI is InChI=1S/C11H12N2OS2/c1-2-8-12-13(11(15)16)14-9-10-6-4-3-5-7-10/h1,3-7,12H,8-9H2,(H,15,16). The van der Waals surface area contributed by atoms with E-state index in [4.69, 9.17) is 23.5 Å². The lowest BCUT2D eigenvalue weighted by molar-refractivity contribution is -0.139. The number of rotatable bonds is 5. The minimum Gasteiger partial charge on any atom is -0.252 e. The van der Waals surface area contributed by atoms with Crippen LogP contribution in [-0.4, -0.2) is 16.0 Å². The third-order valence-electron chi connectivity index (χ3n) is 1.70. The molecular formula is C11H12N2OS2. The Hall–Kier alpha value is -1.06. The largest absolute Gasteiger partial charge is 0.252 e. The Kier molecular flexibility index (Phi) is 5.90. The highest BCUT2D eigenvalue weighted by Crippen LogP contribution is 2.03. The first-order valence-corrected chi connectivity index (χ1v) is 5.46. The fourth-order valence-electron chi connectivity index (χ4n) is 0.999. The third kappa shape index (κ3) is 4.64. The van der Waals surface area contributed by atoms with Crippen molar-refractivity contribution in [3.8, 4) is 12.3 Å². The number of terminal acetylenes is 1. The van der Waals surface area contributed by atoms with E-state index in [1.165, 1.54) is 5.17 Å². The van der Waals surface area contributed by atoms with E-state index in [0.717, 1.165) is 5.56 Å². The number of nitrogens with zero attached hydrogens (tertiary/aromatic N) is 1. The summed E-state index contributed by atoms with van der Waals surface area (Å²) < 4.78 is 0.284. The van der Waals surface area contributed by atoms with Crippen LogP contribution < -0.4 is 5.43 Å². The smallest absolute Gasteiger partial charge is 0.175 e. The molecular weight excluding hydrogens is 240 g/mol. The highest BCUT2D eigenvalue weighted by Gasteiger charge is 2.05. The Morgan fingerprint density at radius 1 is 1.50 bits per heavy atom. The van der Waals surface area contributed by atoms with E-state index >= 15 is 0 Å². The molecule has 84 valence electrons. The monoisotopic (exact) mass is 252 g/mol. The highest BCUT2D eigenvalue weighted by molar-refractivity contribution is 8.10. The quantitative estimate of drug-likeness (QED) is 0.361. The second-order valence-electron chi connectivity index (χ2n) is 2.88. The average Bonchev–Trinajstić information content (AvgIpc) is 2.30. The molecule has 0 amide bonds. The number of benzene rings is 1. The fourth-order valence-corrected chi connectivity index (χ4v) is 1.24. The predicted octanol–water partition coefficient (Wildman–Crippen LogP) is 1.77. The lowest BCUT2D eigenvalue weighted by Crippen LogP contribution is -2.39. The van der Waals surface area contributed by atoms with Crippen molar-refractivity contribution in [1.82, 2.24) is 10.6 Å². The summed E-state index contributed by atoms with van der Waals surface area (Å²) in [6, 6.07) is 9.75. The second-order valence-corrected chi connectivity index (χ2v) is 3.99. The average molecular weight is 252 g/mol. The molecule has 0 unspecified atom stereocenters. The van der Waals surface area contributed by atoms with Crippen LogP contribution >= 0.6 is 24.8 Å². The molecule has 0 fully saturated rings. The molecule has 0 bridgehead atoms. The Bertz CT molecular complexity index is 375. The van der Waals surface area contributed by atoms with Gasteiger partial charge in [-0.2, -0.15) is 10.6 Å². The number of thiocarbonyl (C=S) groups is 1. The number of thiol groups is 1. The molecule has 0 aliphatic carbocycles. The van der Waals surface area contributed by atoms with Crippen molar-refractivity contribution in [1.29, 1.82) is 0 Å². The summed E-state index contributed by atoms with van der Waals surface area (Å²) in [5.74, 6) is 2.42. The van der Waals surface area contributed by atoms with Crippen LogP contribution in [0.15, 0.2) is 30.3 Å². The molecule has 5 heteroatoms. The van der Waals surface area contributed by atoms with Crippen LogP contribution in [0.3, 0.4) is 0 Å². The maximum atomic E-state index is 5.40. The topological polar surface area (TPSA) is 24.5 Å². The number of hydrogen-bond acceptors (Lipinski definition) is 3. The van der Waals surface area contributed by atoms with Crippen molar-refractivity contribution in [2.75, 3.05) is 6.54 Å². The molecule has 0 saturated heterocycles. The van der Waals surface area contributed by atoms with Gasteiger partial charge in [0, 0.05) is 0 Å². The Balaban J connectivity index is 2.44. The van der Waals surface area contributed by atoms with Crippen LogP contribution in [0.25, 0.3) is 0 Å². The van der Waals surface area contributed by atoms with Gasteiger partial charge in [-0.25, -0.2) is 0 Å². The summed E-state index contributed by atoms with van der Waals surface area (Å²) in [4.78, 5) is 5.40. The molecule has 16 heavy (non-hydrogen) atoms. The number of hydrazine groups is 1. The fraction of sp³-hybridized carbons (Fsp3) is 0.182. The van der Waals surface area contributed by atoms with Crippen molar-refractivity contribution in [3.63, 3.8) is 0 Å². The first kappa shape index (κ1) is 13.0. The van der Waals surface area contributed by atoms with E-state index in [2.05, 4.69) is 24.0 Å². The van der Waals surface area contributed by atoms with Crippen molar-refractivity contribution >= 4 is 29.2 Å². The highest BCUT2D eigenvalue weighted by atomic mass is 32.1. The first-order valence-electron chi connectivity index (χ1n) is 4.61. The van der Waals surface area contributed by atoms with Crippen molar-refractivity contribution < 1.29 is 4.84 Å². The minimum atomic E-state index is 0.284. The van der Waals surface area contributed by atoms with Crippen LogP contribution in [-0.2, 0) is 11.4 Å². The van der Waals surface area contributed by atoms with Gasteiger partial charge in [-0.15, -0.1) is 19.1 Å². The summed E-state index contributed by atoms with van der Waals surface area (Å²) in [7, 11) is 0. The van der Waals surface area contributed by atoms with Gasteiger partial charge in [-0.05, 0) is 17.8 Å². The van der Waals surface area contributed by atoms with E-state index in [0.29, 0.717) is 13.2 Å². The van der Waals surface area contributed by atoms with Crippen LogP contribution in [0.5, 0.6) is 0 Å². The summed E-state index contributed by atoms with van der Waals surface area (Å²) in [6.45, 7) is 0.731. The van der Waals surface area contributed by atoms with Crippen molar-refractivity contribution in [3.05, 3.63) is 35.9 Å². The Labute approximate surface area is 106 Å². The van der Waals surface area contributed by atoms with Gasteiger partial charge in [-0.1, -0.05) is 36.3 Å². The summed E-state index contributed by atoms with van der Waals surface area (Å²) in [5.41, 5.74) is 3.84. The first-order chi connectivity index (χ1) is 7.74. The van der Waals surface area contributed by atoms with E-state index in [1.807, 2.05) is 30.3 Å². The van der Waals surface area contributed by atoms with Crippen LogP contribution in [0.4, 0.5) is 0 Å². The normalized spacial score (nSPS) is 9.50. The predicted molar refractivity (Wildman–Crippen MR) is 71.5 cm³/mol. The third-order valence-corrected chi connectivity index (χ3v) is 2.05. The molecule has 0 spiro atoms. The maximum Gasteiger partial charge on any atom is 0.175 e. The van der Waals surface area contributed by atoms with Crippen molar-refractivity contribution in [2.45, 2.75) is 6.61 Å². The molecule has 3 nitrogen and oxygen atoms in total. The van der Waals surface area contributed by atoms with E-state index < -0.39 is 0 Å². The van der Waals surface area contributed by atoms with Crippen LogP contribution in [0.1, 0.15) is 5.56 Å². The Morgan fingerprint density at radius 3 is 2.75 bits per heavy atom. The lowest BCUT2D eigenvalue weighted by Gasteiger charge is -2.21. The van der Waals surface area contributed by atoms with Gasteiger partial charge in [0.25, 0.3) is 0 Å². The molecule has 0 aliphatic rings. The SMILES string of the molecule is C#CCNN(OCc1ccccc1)C(=S)S. The minimum absolute atomic E-state index is 0.284. The van der Waals surface area contributed by atoms with Crippen molar-refractivity contribution in [2.24, 2.45) is 0 Å². The Morgan fingerprint density at radius 2 is 2.19 bits per heavy atom.